The minimum absolute atomic E-state index is 0.00950. The molecule has 4 rings (SSSR count). The molecule has 1 aliphatic heterocycles. The Morgan fingerprint density at radius 1 is 1.09 bits per heavy atom. The Kier molecular flexibility index (Phi) is 6.32. The highest BCUT2D eigenvalue weighted by molar-refractivity contribution is 7.80. The van der Waals surface area contributed by atoms with Gasteiger partial charge in [-0.2, -0.15) is 0 Å². The maximum Gasteiger partial charge on any atom is 0.281 e. The van der Waals surface area contributed by atoms with Gasteiger partial charge in [0.15, 0.2) is 5.11 Å². The van der Waals surface area contributed by atoms with Gasteiger partial charge in [-0.25, -0.2) is 0 Å². The van der Waals surface area contributed by atoms with Crippen LogP contribution in [0, 0.1) is 10.1 Å². The van der Waals surface area contributed by atoms with Gasteiger partial charge in [0.1, 0.15) is 23.8 Å². The van der Waals surface area contributed by atoms with Crippen molar-refractivity contribution in [3.05, 3.63) is 99.7 Å². The molecular weight excluding hydrogens is 442 g/mol. The van der Waals surface area contributed by atoms with Gasteiger partial charge in [0.2, 0.25) is 0 Å². The molecule has 1 N–H and O–H groups in total. The number of amides is 1. The fourth-order valence-corrected chi connectivity index (χ4v) is 3.64. The minimum atomic E-state index is -0.466. The third-order valence-electron chi connectivity index (χ3n) is 4.95. The number of rotatable bonds is 7. The van der Waals surface area contributed by atoms with E-state index in [1.54, 1.807) is 19.3 Å². The first-order valence-corrected chi connectivity index (χ1v) is 10.3. The number of nitrogens with zero attached hydrogens (tertiary/aromatic N) is 2. The van der Waals surface area contributed by atoms with E-state index in [0.29, 0.717) is 28.0 Å². The number of benzene rings is 3. The Hall–Kier alpha value is -4.24. The molecular formula is C24H19N3O5S. The number of anilines is 1. The van der Waals surface area contributed by atoms with Crippen molar-refractivity contribution in [2.45, 2.75) is 6.61 Å². The molecule has 0 unspecified atom stereocenters. The average Bonchev–Trinajstić information content (AvgIpc) is 3.11. The predicted molar refractivity (Wildman–Crippen MR) is 128 cm³/mol. The van der Waals surface area contributed by atoms with Gasteiger partial charge in [-0.1, -0.05) is 24.3 Å². The van der Waals surface area contributed by atoms with Crippen LogP contribution in [-0.2, 0) is 11.4 Å². The van der Waals surface area contributed by atoms with Crippen molar-refractivity contribution in [2.24, 2.45) is 0 Å². The number of nitrogens with one attached hydrogen (secondary N) is 1. The van der Waals surface area contributed by atoms with Crippen molar-refractivity contribution in [3.8, 4) is 11.5 Å². The molecule has 0 bridgehead atoms. The van der Waals surface area contributed by atoms with Gasteiger partial charge >= 0.3 is 0 Å². The number of nitro benzene ring substituents is 1. The van der Waals surface area contributed by atoms with Gasteiger partial charge < -0.3 is 14.8 Å². The molecule has 0 atom stereocenters. The zero-order valence-corrected chi connectivity index (χ0v) is 18.4. The lowest BCUT2D eigenvalue weighted by molar-refractivity contribution is -0.384. The molecule has 1 heterocycles. The van der Waals surface area contributed by atoms with Gasteiger partial charge in [-0.3, -0.25) is 19.8 Å². The van der Waals surface area contributed by atoms with E-state index < -0.39 is 4.92 Å². The Bertz CT molecular complexity index is 1240. The van der Waals surface area contributed by atoms with E-state index in [4.69, 9.17) is 21.7 Å². The van der Waals surface area contributed by atoms with Crippen molar-refractivity contribution in [1.29, 1.82) is 0 Å². The number of hydrogen-bond acceptors (Lipinski definition) is 6. The Labute approximate surface area is 195 Å². The molecule has 1 saturated heterocycles. The summed E-state index contributed by atoms with van der Waals surface area (Å²) in [5.74, 6) is 0.861. The fourth-order valence-electron chi connectivity index (χ4n) is 3.34. The molecule has 9 heteroatoms. The summed E-state index contributed by atoms with van der Waals surface area (Å²) in [6.45, 7) is 0.175. The topological polar surface area (TPSA) is 93.9 Å². The van der Waals surface area contributed by atoms with Crippen molar-refractivity contribution in [1.82, 2.24) is 5.32 Å². The summed E-state index contributed by atoms with van der Waals surface area (Å²) in [5.41, 5.74) is 2.54. The van der Waals surface area contributed by atoms with E-state index in [1.165, 1.54) is 29.2 Å². The number of para-hydroxylation sites is 1. The quantitative estimate of drug-likeness (QED) is 0.241. The van der Waals surface area contributed by atoms with Crippen molar-refractivity contribution in [3.63, 3.8) is 0 Å². The van der Waals surface area contributed by atoms with Crippen LogP contribution in [0.4, 0.5) is 11.4 Å². The first kappa shape index (κ1) is 22.0. The lowest BCUT2D eigenvalue weighted by atomic mass is 10.1. The summed E-state index contributed by atoms with van der Waals surface area (Å²) in [4.78, 5) is 24.7. The third-order valence-corrected chi connectivity index (χ3v) is 5.23. The van der Waals surface area contributed by atoms with Crippen LogP contribution in [0.15, 0.2) is 78.5 Å². The standard InChI is InChI=1S/C24H19N3O5S/c1-31-22-12-7-16(13-17(22)15-32-20-10-8-19(9-11-20)27(29)30)14-21-23(28)26(24(33)25-21)18-5-3-2-4-6-18/h2-14H,15H2,1H3,(H,25,33)/b21-14+. The van der Waals surface area contributed by atoms with Crippen LogP contribution in [0.3, 0.4) is 0 Å². The second-order valence-electron chi connectivity index (χ2n) is 7.08. The number of hydrogen-bond donors (Lipinski definition) is 1. The normalized spacial score (nSPS) is 14.3. The zero-order chi connectivity index (χ0) is 23.4. The molecule has 1 aliphatic rings. The van der Waals surface area contributed by atoms with Gasteiger partial charge in [-0.15, -0.1) is 0 Å². The van der Waals surface area contributed by atoms with E-state index in [-0.39, 0.29) is 18.2 Å². The van der Waals surface area contributed by atoms with Crippen LogP contribution in [-0.4, -0.2) is 23.1 Å². The molecule has 166 valence electrons. The summed E-state index contributed by atoms with van der Waals surface area (Å²) in [5, 5.41) is 14.1. The lowest BCUT2D eigenvalue weighted by Crippen LogP contribution is -2.30. The fraction of sp³-hybridized carbons (Fsp3) is 0.0833. The van der Waals surface area contributed by atoms with E-state index in [2.05, 4.69) is 5.32 Å². The number of carbonyl (C=O) groups is 1. The van der Waals surface area contributed by atoms with Crippen LogP contribution >= 0.6 is 12.2 Å². The Morgan fingerprint density at radius 3 is 2.48 bits per heavy atom. The highest BCUT2D eigenvalue weighted by Crippen LogP contribution is 2.26. The van der Waals surface area contributed by atoms with Gasteiger partial charge in [0.05, 0.1) is 17.7 Å². The van der Waals surface area contributed by atoms with E-state index >= 15 is 0 Å². The monoisotopic (exact) mass is 461 g/mol. The van der Waals surface area contributed by atoms with Crippen LogP contribution in [0.2, 0.25) is 0 Å². The molecule has 33 heavy (non-hydrogen) atoms. The van der Waals surface area contributed by atoms with Crippen LogP contribution in [0.25, 0.3) is 6.08 Å². The van der Waals surface area contributed by atoms with Crippen molar-refractivity contribution >= 4 is 40.7 Å². The number of methoxy groups -OCH3 is 1. The molecule has 8 nitrogen and oxygen atoms in total. The summed E-state index contributed by atoms with van der Waals surface area (Å²) in [6, 6.07) is 20.5. The summed E-state index contributed by atoms with van der Waals surface area (Å²) in [6.07, 6.45) is 1.71. The maximum atomic E-state index is 12.9. The second kappa shape index (κ2) is 9.49. The first-order valence-electron chi connectivity index (χ1n) is 9.92. The number of ether oxygens (including phenoxy) is 2. The summed E-state index contributed by atoms with van der Waals surface area (Å²) in [7, 11) is 1.56. The minimum Gasteiger partial charge on any atom is -0.496 e. The maximum absolute atomic E-state index is 12.9. The van der Waals surface area contributed by atoms with E-state index in [1.807, 2.05) is 42.5 Å². The average molecular weight is 461 g/mol. The number of thiocarbonyl (C=S) groups is 1. The molecule has 0 aliphatic carbocycles. The Balaban J connectivity index is 1.54. The van der Waals surface area contributed by atoms with Gasteiger partial charge in [-0.05, 0) is 60.3 Å². The zero-order valence-electron chi connectivity index (χ0n) is 17.6. The molecule has 1 amide bonds. The summed E-state index contributed by atoms with van der Waals surface area (Å²) >= 11 is 5.35. The van der Waals surface area contributed by atoms with Crippen LogP contribution in [0.5, 0.6) is 11.5 Å². The second-order valence-corrected chi connectivity index (χ2v) is 7.46. The van der Waals surface area contributed by atoms with E-state index in [9.17, 15) is 14.9 Å². The molecule has 3 aromatic rings. The highest BCUT2D eigenvalue weighted by Gasteiger charge is 2.31. The van der Waals surface area contributed by atoms with E-state index in [0.717, 1.165) is 11.1 Å². The lowest BCUT2D eigenvalue weighted by Gasteiger charge is -2.13. The predicted octanol–water partition coefficient (Wildman–Crippen LogP) is 4.44. The highest BCUT2D eigenvalue weighted by atomic mass is 32.1. The van der Waals surface area contributed by atoms with Gasteiger partial charge in [0, 0.05) is 17.7 Å². The first-order chi connectivity index (χ1) is 16.0. The number of nitro groups is 1. The van der Waals surface area contributed by atoms with Crippen LogP contribution in [0.1, 0.15) is 11.1 Å². The largest absolute Gasteiger partial charge is 0.496 e. The van der Waals surface area contributed by atoms with Crippen molar-refractivity contribution in [2.75, 3.05) is 12.0 Å². The smallest absolute Gasteiger partial charge is 0.281 e. The van der Waals surface area contributed by atoms with Crippen LogP contribution < -0.4 is 19.7 Å². The van der Waals surface area contributed by atoms with Crippen molar-refractivity contribution < 1.29 is 19.2 Å². The molecule has 0 aromatic heterocycles. The number of carbonyl (C=O) groups excluding carboxylic acids is 1. The molecule has 3 aromatic carbocycles. The molecule has 1 fully saturated rings. The third kappa shape index (κ3) is 4.83. The molecule has 0 spiro atoms. The molecule has 0 saturated carbocycles. The van der Waals surface area contributed by atoms with Gasteiger partial charge in [0.25, 0.3) is 11.6 Å². The molecule has 0 radical (unpaired) electrons. The SMILES string of the molecule is COc1ccc(/C=C2/NC(=S)N(c3ccccc3)C2=O)cc1COc1ccc([N+](=O)[O-])cc1. The summed E-state index contributed by atoms with van der Waals surface area (Å²) < 4.78 is 11.2. The number of non-ortho nitro benzene ring substituents is 1. The Morgan fingerprint density at radius 2 is 1.82 bits per heavy atom.